The molecule has 0 spiro atoms. The van der Waals surface area contributed by atoms with Crippen LogP contribution in [0.5, 0.6) is 11.5 Å². The number of halogens is 1. The van der Waals surface area contributed by atoms with Crippen molar-refractivity contribution in [2.24, 2.45) is 11.7 Å². The lowest BCUT2D eigenvalue weighted by Gasteiger charge is -2.12. The third kappa shape index (κ3) is 4.20. The molecule has 2 rings (SSSR count). The van der Waals surface area contributed by atoms with E-state index in [1.165, 1.54) is 5.56 Å². The maximum Gasteiger partial charge on any atom is 0.179 e. The van der Waals surface area contributed by atoms with E-state index in [0.29, 0.717) is 29.9 Å². The summed E-state index contributed by atoms with van der Waals surface area (Å²) >= 11 is 8.12. The molecule has 0 fully saturated rings. The second-order valence-corrected chi connectivity index (χ2v) is 6.25. The van der Waals surface area contributed by atoms with Crippen molar-refractivity contribution in [3.63, 3.8) is 0 Å². The minimum absolute atomic E-state index is 0.542. The molecule has 106 valence electrons. The zero-order chi connectivity index (χ0) is 13.7. The maximum atomic E-state index is 6.25. The minimum Gasteiger partial charge on any atom is -0.489 e. The van der Waals surface area contributed by atoms with Crippen LogP contribution in [0.25, 0.3) is 0 Å². The SMILES string of the molecule is CC(CN)CSCc1cc(Cl)c2c(c1)OCCCO2. The molecule has 0 aromatic heterocycles. The molecule has 2 N–H and O–H groups in total. The summed E-state index contributed by atoms with van der Waals surface area (Å²) in [5.74, 6) is 3.97. The predicted octanol–water partition coefficient (Wildman–Crippen LogP) is 3.33. The number of hydrogen-bond donors (Lipinski definition) is 1. The van der Waals surface area contributed by atoms with E-state index in [1.54, 1.807) is 0 Å². The van der Waals surface area contributed by atoms with E-state index in [1.807, 2.05) is 23.9 Å². The Bertz CT molecular complexity index is 428. The molecule has 5 heteroatoms. The van der Waals surface area contributed by atoms with Gasteiger partial charge in [0.15, 0.2) is 11.5 Å². The third-order valence-corrected chi connectivity index (χ3v) is 4.56. The summed E-state index contributed by atoms with van der Waals surface area (Å²) < 4.78 is 11.3. The maximum absolute atomic E-state index is 6.25. The smallest absolute Gasteiger partial charge is 0.179 e. The van der Waals surface area contributed by atoms with Gasteiger partial charge in [0.1, 0.15) is 0 Å². The first kappa shape index (κ1) is 14.8. The number of ether oxygens (including phenoxy) is 2. The lowest BCUT2D eigenvalue weighted by molar-refractivity contribution is 0.297. The Labute approximate surface area is 123 Å². The first-order valence-corrected chi connectivity index (χ1v) is 8.09. The van der Waals surface area contributed by atoms with Gasteiger partial charge >= 0.3 is 0 Å². The fourth-order valence-corrected chi connectivity index (χ4v) is 3.16. The van der Waals surface area contributed by atoms with E-state index >= 15 is 0 Å². The van der Waals surface area contributed by atoms with Gasteiger partial charge in [0.25, 0.3) is 0 Å². The van der Waals surface area contributed by atoms with Crippen LogP contribution in [0.4, 0.5) is 0 Å². The zero-order valence-electron chi connectivity index (χ0n) is 11.2. The van der Waals surface area contributed by atoms with Crippen LogP contribution in [0.2, 0.25) is 5.02 Å². The normalized spacial score (nSPS) is 15.9. The van der Waals surface area contributed by atoms with Crippen LogP contribution < -0.4 is 15.2 Å². The molecular formula is C14H20ClNO2S. The van der Waals surface area contributed by atoms with Crippen LogP contribution in [0.3, 0.4) is 0 Å². The summed E-state index contributed by atoms with van der Waals surface area (Å²) in [5, 5.41) is 0.641. The molecule has 0 amide bonds. The Hall–Kier alpha value is -0.580. The molecule has 0 bridgehead atoms. The molecule has 0 aliphatic carbocycles. The van der Waals surface area contributed by atoms with Gasteiger partial charge in [0.2, 0.25) is 0 Å². The van der Waals surface area contributed by atoms with Crippen LogP contribution in [-0.4, -0.2) is 25.5 Å². The molecule has 1 aliphatic rings. The second-order valence-electron chi connectivity index (χ2n) is 4.81. The molecule has 1 aromatic carbocycles. The molecule has 0 saturated heterocycles. The number of fused-ring (bicyclic) bond motifs is 1. The summed E-state index contributed by atoms with van der Waals surface area (Å²) in [6.45, 7) is 4.24. The van der Waals surface area contributed by atoms with Crippen LogP contribution in [0.1, 0.15) is 18.9 Å². The highest BCUT2D eigenvalue weighted by molar-refractivity contribution is 7.98. The van der Waals surface area contributed by atoms with Crippen LogP contribution >= 0.6 is 23.4 Å². The van der Waals surface area contributed by atoms with E-state index in [0.717, 1.165) is 30.2 Å². The van der Waals surface area contributed by atoms with E-state index in [2.05, 4.69) is 6.92 Å². The van der Waals surface area contributed by atoms with Gasteiger partial charge in [-0.05, 0) is 35.9 Å². The van der Waals surface area contributed by atoms with Crippen LogP contribution in [-0.2, 0) is 5.75 Å². The molecule has 1 aliphatic heterocycles. The highest BCUT2D eigenvalue weighted by Crippen LogP contribution is 2.38. The number of thioether (sulfide) groups is 1. The standard InChI is InChI=1S/C14H20ClNO2S/c1-10(7-16)8-19-9-11-5-12(15)14-13(6-11)17-3-2-4-18-14/h5-6,10H,2-4,7-9,16H2,1H3. The lowest BCUT2D eigenvalue weighted by atomic mass is 10.2. The summed E-state index contributed by atoms with van der Waals surface area (Å²) in [5.41, 5.74) is 6.78. The van der Waals surface area contributed by atoms with Crippen molar-refractivity contribution in [3.05, 3.63) is 22.7 Å². The minimum atomic E-state index is 0.542. The quantitative estimate of drug-likeness (QED) is 0.906. The lowest BCUT2D eigenvalue weighted by Crippen LogP contribution is -2.12. The summed E-state index contributed by atoms with van der Waals surface area (Å²) in [4.78, 5) is 0. The third-order valence-electron chi connectivity index (χ3n) is 2.94. The fourth-order valence-electron chi connectivity index (χ4n) is 1.81. The van der Waals surface area contributed by atoms with E-state index in [9.17, 15) is 0 Å². The molecule has 1 heterocycles. The Morgan fingerprint density at radius 2 is 2.16 bits per heavy atom. The van der Waals surface area contributed by atoms with Gasteiger partial charge in [-0.3, -0.25) is 0 Å². The van der Waals surface area contributed by atoms with Gasteiger partial charge in [0, 0.05) is 12.2 Å². The van der Waals surface area contributed by atoms with Gasteiger partial charge in [-0.1, -0.05) is 18.5 Å². The summed E-state index contributed by atoms with van der Waals surface area (Å²) in [6, 6.07) is 4.00. The van der Waals surface area contributed by atoms with Gasteiger partial charge in [-0.2, -0.15) is 11.8 Å². The van der Waals surface area contributed by atoms with Gasteiger partial charge in [-0.25, -0.2) is 0 Å². The first-order valence-electron chi connectivity index (χ1n) is 6.56. The average Bonchev–Trinajstić information content (AvgIpc) is 2.64. The van der Waals surface area contributed by atoms with Crippen LogP contribution in [0, 0.1) is 5.92 Å². The molecule has 0 saturated carbocycles. The van der Waals surface area contributed by atoms with E-state index in [-0.39, 0.29) is 0 Å². The number of hydrogen-bond acceptors (Lipinski definition) is 4. The molecule has 1 aromatic rings. The van der Waals surface area contributed by atoms with Crippen molar-refractivity contribution in [1.82, 2.24) is 0 Å². The molecule has 19 heavy (non-hydrogen) atoms. The van der Waals surface area contributed by atoms with E-state index < -0.39 is 0 Å². The van der Waals surface area contributed by atoms with E-state index in [4.69, 9.17) is 26.8 Å². The van der Waals surface area contributed by atoms with Crippen molar-refractivity contribution in [1.29, 1.82) is 0 Å². The molecule has 1 unspecified atom stereocenters. The largest absolute Gasteiger partial charge is 0.489 e. The summed E-state index contributed by atoms with van der Waals surface area (Å²) in [6.07, 6.45) is 0.892. The highest BCUT2D eigenvalue weighted by atomic mass is 35.5. The van der Waals surface area contributed by atoms with Crippen molar-refractivity contribution >= 4 is 23.4 Å². The molecule has 0 radical (unpaired) electrons. The molecular weight excluding hydrogens is 282 g/mol. The molecule has 3 nitrogen and oxygen atoms in total. The number of benzene rings is 1. The van der Waals surface area contributed by atoms with Gasteiger partial charge < -0.3 is 15.2 Å². The Morgan fingerprint density at radius 1 is 1.37 bits per heavy atom. The molecule has 1 atom stereocenters. The Morgan fingerprint density at radius 3 is 2.95 bits per heavy atom. The topological polar surface area (TPSA) is 44.5 Å². The monoisotopic (exact) mass is 301 g/mol. The van der Waals surface area contributed by atoms with Crippen molar-refractivity contribution in [2.75, 3.05) is 25.5 Å². The summed E-state index contributed by atoms with van der Waals surface area (Å²) in [7, 11) is 0. The average molecular weight is 302 g/mol. The number of rotatable bonds is 5. The van der Waals surface area contributed by atoms with Crippen molar-refractivity contribution in [2.45, 2.75) is 19.1 Å². The van der Waals surface area contributed by atoms with Crippen molar-refractivity contribution in [3.8, 4) is 11.5 Å². The Balaban J connectivity index is 2.02. The second kappa shape index (κ2) is 7.27. The Kier molecular flexibility index (Phi) is 5.67. The number of nitrogens with two attached hydrogens (primary N) is 1. The predicted molar refractivity (Wildman–Crippen MR) is 81.4 cm³/mol. The first-order chi connectivity index (χ1) is 9.20. The fraction of sp³-hybridized carbons (Fsp3) is 0.571. The van der Waals surface area contributed by atoms with Gasteiger partial charge in [0.05, 0.1) is 18.2 Å². The van der Waals surface area contributed by atoms with Crippen molar-refractivity contribution < 1.29 is 9.47 Å². The zero-order valence-corrected chi connectivity index (χ0v) is 12.7. The highest BCUT2D eigenvalue weighted by Gasteiger charge is 2.15. The van der Waals surface area contributed by atoms with Gasteiger partial charge in [-0.15, -0.1) is 0 Å². The van der Waals surface area contributed by atoms with Crippen LogP contribution in [0.15, 0.2) is 12.1 Å².